The van der Waals surface area contributed by atoms with Crippen LogP contribution in [0.5, 0.6) is 5.75 Å². The van der Waals surface area contributed by atoms with E-state index in [1.54, 1.807) is 18.9 Å². The maximum absolute atomic E-state index is 12.8. The van der Waals surface area contributed by atoms with Gasteiger partial charge in [-0.05, 0) is 77.5 Å². The highest BCUT2D eigenvalue weighted by molar-refractivity contribution is 5.78. The van der Waals surface area contributed by atoms with Crippen LogP contribution in [0.25, 0.3) is 0 Å². The Morgan fingerprint density at radius 2 is 1.87 bits per heavy atom. The van der Waals surface area contributed by atoms with Gasteiger partial charge in [-0.3, -0.25) is 9.69 Å². The lowest BCUT2D eigenvalue weighted by molar-refractivity contribution is -0.206. The lowest BCUT2D eigenvalue weighted by atomic mass is 9.77. The van der Waals surface area contributed by atoms with Gasteiger partial charge in [-0.25, -0.2) is 4.79 Å². The Hall–Kier alpha value is -2.36. The van der Waals surface area contributed by atoms with Gasteiger partial charge in [0.05, 0.1) is 24.9 Å². The SMILES string of the molecule is CN(C(=O)OC(C)(C)C)[C@H]1CC2(CCN(Cc3ccc(OCCCN4CCCC4=O)cc3)CC2)OC[C@]1(C)O. The minimum absolute atomic E-state index is 0.195. The van der Waals surface area contributed by atoms with Crippen LogP contribution in [0.4, 0.5) is 4.79 Å². The van der Waals surface area contributed by atoms with E-state index in [2.05, 4.69) is 17.0 Å². The van der Waals surface area contributed by atoms with E-state index in [-0.39, 0.29) is 24.2 Å². The molecule has 0 saturated carbocycles. The lowest BCUT2D eigenvalue weighted by Gasteiger charge is -2.52. The number of likely N-dealkylation sites (tertiary alicyclic amines) is 2. The summed E-state index contributed by atoms with van der Waals surface area (Å²) in [5.74, 6) is 1.12. The van der Waals surface area contributed by atoms with Gasteiger partial charge in [-0.1, -0.05) is 12.1 Å². The number of rotatable bonds is 8. The van der Waals surface area contributed by atoms with E-state index in [1.807, 2.05) is 37.8 Å². The van der Waals surface area contributed by atoms with Gasteiger partial charge in [-0.2, -0.15) is 0 Å². The monoisotopic (exact) mass is 545 g/mol. The van der Waals surface area contributed by atoms with Crippen molar-refractivity contribution in [2.24, 2.45) is 0 Å². The predicted molar refractivity (Wildman–Crippen MR) is 149 cm³/mol. The van der Waals surface area contributed by atoms with E-state index in [4.69, 9.17) is 14.2 Å². The largest absolute Gasteiger partial charge is 0.494 e. The predicted octanol–water partition coefficient (Wildman–Crippen LogP) is 3.82. The number of likely N-dealkylation sites (N-methyl/N-ethyl adjacent to an activating group) is 1. The van der Waals surface area contributed by atoms with Crippen LogP contribution in [0.15, 0.2) is 24.3 Å². The molecule has 0 aromatic heterocycles. The summed E-state index contributed by atoms with van der Waals surface area (Å²) >= 11 is 0. The molecule has 3 saturated heterocycles. The van der Waals surface area contributed by atoms with Crippen LogP contribution in [0.3, 0.4) is 0 Å². The molecule has 39 heavy (non-hydrogen) atoms. The Morgan fingerprint density at radius 1 is 1.18 bits per heavy atom. The van der Waals surface area contributed by atoms with Crippen molar-refractivity contribution in [2.75, 3.05) is 46.4 Å². The summed E-state index contributed by atoms with van der Waals surface area (Å²) < 4.78 is 17.7. The summed E-state index contributed by atoms with van der Waals surface area (Å²) in [6, 6.07) is 7.89. The number of benzene rings is 1. The number of hydrogen-bond acceptors (Lipinski definition) is 7. The number of hydrogen-bond donors (Lipinski definition) is 1. The Morgan fingerprint density at radius 3 is 2.49 bits per heavy atom. The highest BCUT2D eigenvalue weighted by Crippen LogP contribution is 2.40. The molecule has 2 amide bonds. The van der Waals surface area contributed by atoms with Crippen LogP contribution in [0.1, 0.15) is 71.8 Å². The second-order valence-corrected chi connectivity index (χ2v) is 12.7. The molecule has 1 aromatic carbocycles. The van der Waals surface area contributed by atoms with Crippen LogP contribution in [-0.4, -0.2) is 101 Å². The fourth-order valence-corrected chi connectivity index (χ4v) is 5.84. The Balaban J connectivity index is 1.23. The maximum atomic E-state index is 12.8. The number of aliphatic hydroxyl groups is 1. The number of amides is 2. The van der Waals surface area contributed by atoms with Crippen molar-refractivity contribution >= 4 is 12.0 Å². The number of carbonyl (C=O) groups excluding carboxylic acids is 2. The summed E-state index contributed by atoms with van der Waals surface area (Å²) in [5, 5.41) is 11.1. The standard InChI is InChI=1S/C30H47N3O6/c1-28(2,3)39-27(35)31(5)25-20-30(38-22-29(25,4)36)13-17-32(18-14-30)21-23-9-11-24(12-10-23)37-19-7-16-33-15-6-8-26(33)34/h9-12,25,36H,6-8,13-22H2,1-5H3/t25-,29-/m0/s1. The molecule has 9 heteroatoms. The summed E-state index contributed by atoms with van der Waals surface area (Å²) in [6.45, 7) is 12.4. The summed E-state index contributed by atoms with van der Waals surface area (Å²) in [5.41, 5.74) is -0.846. The maximum Gasteiger partial charge on any atom is 0.410 e. The summed E-state index contributed by atoms with van der Waals surface area (Å²) in [4.78, 5) is 30.4. The van der Waals surface area contributed by atoms with E-state index in [1.165, 1.54) is 5.56 Å². The zero-order chi connectivity index (χ0) is 28.3. The topological polar surface area (TPSA) is 91.8 Å². The van der Waals surface area contributed by atoms with Crippen LogP contribution in [-0.2, 0) is 20.8 Å². The second-order valence-electron chi connectivity index (χ2n) is 12.7. The van der Waals surface area contributed by atoms with Gasteiger partial charge >= 0.3 is 6.09 Å². The van der Waals surface area contributed by atoms with Gasteiger partial charge in [-0.15, -0.1) is 0 Å². The third kappa shape index (κ3) is 7.86. The van der Waals surface area contributed by atoms with Crippen molar-refractivity contribution in [3.05, 3.63) is 29.8 Å². The van der Waals surface area contributed by atoms with Crippen LogP contribution < -0.4 is 4.74 Å². The molecular formula is C30H47N3O6. The van der Waals surface area contributed by atoms with Gasteiger partial charge in [0.2, 0.25) is 5.91 Å². The quantitative estimate of drug-likeness (QED) is 0.497. The van der Waals surface area contributed by atoms with E-state index >= 15 is 0 Å². The molecule has 1 aromatic rings. The van der Waals surface area contributed by atoms with Crippen molar-refractivity contribution in [1.29, 1.82) is 0 Å². The first kappa shape index (κ1) is 29.6. The van der Waals surface area contributed by atoms with Crippen molar-refractivity contribution in [3.63, 3.8) is 0 Å². The Kier molecular flexibility index (Phi) is 9.13. The number of ether oxygens (including phenoxy) is 3. The van der Waals surface area contributed by atoms with Crippen molar-refractivity contribution in [3.8, 4) is 5.75 Å². The number of piperidine rings is 1. The molecule has 0 radical (unpaired) electrons. The molecule has 1 N–H and O–H groups in total. The third-order valence-electron chi connectivity index (χ3n) is 8.21. The van der Waals surface area contributed by atoms with Gasteiger partial charge < -0.3 is 29.1 Å². The zero-order valence-electron chi connectivity index (χ0n) is 24.4. The van der Waals surface area contributed by atoms with Crippen LogP contribution in [0.2, 0.25) is 0 Å². The van der Waals surface area contributed by atoms with Gasteiger partial charge in [0.25, 0.3) is 0 Å². The van der Waals surface area contributed by atoms with Crippen molar-refractivity contribution in [1.82, 2.24) is 14.7 Å². The van der Waals surface area contributed by atoms with Crippen LogP contribution in [0, 0.1) is 0 Å². The van der Waals surface area contributed by atoms with E-state index in [0.717, 1.165) is 64.2 Å². The van der Waals surface area contributed by atoms with Gasteiger partial charge in [0.1, 0.15) is 17.0 Å². The van der Waals surface area contributed by atoms with Gasteiger partial charge in [0.15, 0.2) is 0 Å². The third-order valence-corrected chi connectivity index (χ3v) is 8.21. The minimum Gasteiger partial charge on any atom is -0.494 e. The molecule has 3 fully saturated rings. The molecule has 0 unspecified atom stereocenters. The second kappa shape index (κ2) is 12.0. The average Bonchev–Trinajstić information content (AvgIpc) is 3.29. The molecule has 1 spiro atoms. The Bertz CT molecular complexity index is 981. The summed E-state index contributed by atoms with van der Waals surface area (Å²) in [6.07, 6.45) is 4.36. The number of carbonyl (C=O) groups is 2. The van der Waals surface area contributed by atoms with E-state index in [0.29, 0.717) is 19.4 Å². The van der Waals surface area contributed by atoms with Crippen molar-refractivity contribution in [2.45, 2.75) is 95.6 Å². The first-order valence-corrected chi connectivity index (χ1v) is 14.4. The minimum atomic E-state index is -1.14. The Labute approximate surface area is 233 Å². The zero-order valence-corrected chi connectivity index (χ0v) is 24.4. The molecule has 2 atom stereocenters. The molecule has 3 aliphatic heterocycles. The fraction of sp³-hybridized carbons (Fsp3) is 0.733. The number of nitrogens with zero attached hydrogens (tertiary/aromatic N) is 3. The first-order valence-electron chi connectivity index (χ1n) is 14.4. The van der Waals surface area contributed by atoms with E-state index in [9.17, 15) is 14.7 Å². The molecular weight excluding hydrogens is 498 g/mol. The van der Waals surface area contributed by atoms with Gasteiger partial charge in [0, 0.05) is 46.2 Å². The molecule has 3 heterocycles. The summed E-state index contributed by atoms with van der Waals surface area (Å²) in [7, 11) is 1.71. The molecule has 4 rings (SSSR count). The average molecular weight is 546 g/mol. The normalized spacial score (nSPS) is 25.6. The lowest BCUT2D eigenvalue weighted by Crippen LogP contribution is -2.64. The highest BCUT2D eigenvalue weighted by Gasteiger charge is 2.51. The smallest absolute Gasteiger partial charge is 0.410 e. The van der Waals surface area contributed by atoms with E-state index < -0.39 is 17.3 Å². The highest BCUT2D eigenvalue weighted by atomic mass is 16.6. The van der Waals surface area contributed by atoms with Crippen molar-refractivity contribution < 1.29 is 28.9 Å². The molecule has 218 valence electrons. The molecule has 0 bridgehead atoms. The molecule has 9 nitrogen and oxygen atoms in total. The molecule has 3 aliphatic rings. The molecule has 0 aliphatic carbocycles. The fourth-order valence-electron chi connectivity index (χ4n) is 5.84. The van der Waals surface area contributed by atoms with Crippen LogP contribution >= 0.6 is 0 Å². The first-order chi connectivity index (χ1) is 18.4.